The molecule has 0 aliphatic heterocycles. The molecule has 2 fully saturated rings. The van der Waals surface area contributed by atoms with Gasteiger partial charge >= 0.3 is 0 Å². The molecule has 0 N–H and O–H groups in total. The first kappa shape index (κ1) is 19.4. The molecule has 6 rings (SSSR count). The van der Waals surface area contributed by atoms with Crippen molar-refractivity contribution in [1.29, 1.82) is 0 Å². The van der Waals surface area contributed by atoms with Gasteiger partial charge in [0.2, 0.25) is 0 Å². The highest BCUT2D eigenvalue weighted by Crippen LogP contribution is 2.45. The first-order chi connectivity index (χ1) is 15.3. The van der Waals surface area contributed by atoms with Crippen molar-refractivity contribution in [3.63, 3.8) is 0 Å². The van der Waals surface area contributed by atoms with Gasteiger partial charge < -0.3 is 0 Å². The van der Waals surface area contributed by atoms with E-state index in [9.17, 15) is 0 Å². The SMILES string of the molecule is C1=CC2C(C3=CCC=C3)=CC=C(Cc3ccc(C4CCC(C5CCC5)CC4)cc3)C2=C1. The van der Waals surface area contributed by atoms with Crippen molar-refractivity contribution in [1.82, 2.24) is 0 Å². The van der Waals surface area contributed by atoms with Crippen LogP contribution in [-0.4, -0.2) is 0 Å². The molecule has 2 saturated carbocycles. The van der Waals surface area contributed by atoms with Gasteiger partial charge in [-0.1, -0.05) is 92.1 Å². The van der Waals surface area contributed by atoms with Gasteiger partial charge in [0, 0.05) is 5.92 Å². The van der Waals surface area contributed by atoms with E-state index < -0.39 is 0 Å². The predicted molar refractivity (Wildman–Crippen MR) is 131 cm³/mol. The summed E-state index contributed by atoms with van der Waals surface area (Å²) in [7, 11) is 0. The van der Waals surface area contributed by atoms with Crippen molar-refractivity contribution in [2.24, 2.45) is 17.8 Å². The van der Waals surface area contributed by atoms with Gasteiger partial charge in [0.25, 0.3) is 0 Å². The van der Waals surface area contributed by atoms with E-state index in [1.165, 1.54) is 72.8 Å². The minimum absolute atomic E-state index is 0.444. The summed E-state index contributed by atoms with van der Waals surface area (Å²) in [5.74, 6) is 3.35. The summed E-state index contributed by atoms with van der Waals surface area (Å²) in [5, 5.41) is 0. The molecule has 1 aromatic rings. The number of rotatable bonds is 5. The largest absolute Gasteiger partial charge is 0.0801 e. The molecule has 0 nitrogen and oxygen atoms in total. The molecule has 1 unspecified atom stereocenters. The van der Waals surface area contributed by atoms with Crippen LogP contribution in [0.3, 0.4) is 0 Å². The van der Waals surface area contributed by atoms with Crippen LogP contribution in [0, 0.1) is 17.8 Å². The maximum absolute atomic E-state index is 2.43. The molecule has 0 aromatic heterocycles. The number of benzene rings is 1. The molecule has 5 aliphatic rings. The molecular formula is C31H34. The van der Waals surface area contributed by atoms with Crippen molar-refractivity contribution in [3.05, 3.63) is 106 Å². The van der Waals surface area contributed by atoms with E-state index in [1.54, 1.807) is 5.56 Å². The van der Waals surface area contributed by atoms with Gasteiger partial charge in [0.15, 0.2) is 0 Å². The zero-order valence-corrected chi connectivity index (χ0v) is 18.6. The average Bonchev–Trinajstić information content (AvgIpc) is 3.47. The van der Waals surface area contributed by atoms with Crippen LogP contribution in [0.15, 0.2) is 95.2 Å². The van der Waals surface area contributed by atoms with Crippen LogP contribution < -0.4 is 0 Å². The minimum atomic E-state index is 0.444. The van der Waals surface area contributed by atoms with Crippen molar-refractivity contribution in [2.75, 3.05) is 0 Å². The Labute approximate surface area is 187 Å². The van der Waals surface area contributed by atoms with Crippen LogP contribution in [0.5, 0.6) is 0 Å². The molecule has 31 heavy (non-hydrogen) atoms. The van der Waals surface area contributed by atoms with Crippen molar-refractivity contribution in [3.8, 4) is 0 Å². The highest BCUT2D eigenvalue weighted by atomic mass is 14.4. The Morgan fingerprint density at radius 2 is 1.58 bits per heavy atom. The molecule has 0 heterocycles. The van der Waals surface area contributed by atoms with Crippen LogP contribution in [-0.2, 0) is 6.42 Å². The quantitative estimate of drug-likeness (QED) is 0.462. The average molecular weight is 407 g/mol. The van der Waals surface area contributed by atoms with E-state index in [-0.39, 0.29) is 0 Å². The Morgan fingerprint density at radius 1 is 0.774 bits per heavy atom. The number of hydrogen-bond donors (Lipinski definition) is 0. The smallest absolute Gasteiger partial charge is 0.0281 e. The van der Waals surface area contributed by atoms with Crippen LogP contribution in [0.25, 0.3) is 0 Å². The highest BCUT2D eigenvalue weighted by molar-refractivity contribution is 5.61. The van der Waals surface area contributed by atoms with Crippen molar-refractivity contribution < 1.29 is 0 Å². The number of hydrogen-bond acceptors (Lipinski definition) is 0. The Morgan fingerprint density at radius 3 is 2.29 bits per heavy atom. The zero-order chi connectivity index (χ0) is 20.6. The molecule has 0 spiro atoms. The normalized spacial score (nSPS) is 29.7. The second kappa shape index (κ2) is 8.30. The van der Waals surface area contributed by atoms with Gasteiger partial charge in [-0.05, 0) is 89.7 Å². The lowest BCUT2D eigenvalue weighted by Crippen LogP contribution is -2.25. The Balaban J connectivity index is 1.13. The summed E-state index contributed by atoms with van der Waals surface area (Å²) in [4.78, 5) is 0. The molecule has 0 amide bonds. The first-order valence-electron chi connectivity index (χ1n) is 12.6. The van der Waals surface area contributed by atoms with E-state index in [0.29, 0.717) is 5.92 Å². The summed E-state index contributed by atoms with van der Waals surface area (Å²) in [5.41, 5.74) is 8.88. The fourth-order valence-electron chi connectivity index (χ4n) is 6.52. The molecular weight excluding hydrogens is 372 g/mol. The number of fused-ring (bicyclic) bond motifs is 1. The van der Waals surface area contributed by atoms with Gasteiger partial charge in [-0.2, -0.15) is 0 Å². The molecule has 158 valence electrons. The molecule has 1 atom stereocenters. The Kier molecular flexibility index (Phi) is 5.18. The second-order valence-corrected chi connectivity index (χ2v) is 10.3. The van der Waals surface area contributed by atoms with Crippen LogP contribution >= 0.6 is 0 Å². The minimum Gasteiger partial charge on any atom is -0.0801 e. The van der Waals surface area contributed by atoms with E-state index >= 15 is 0 Å². The summed E-state index contributed by atoms with van der Waals surface area (Å²) in [6, 6.07) is 9.66. The number of allylic oxidation sites excluding steroid dienone is 12. The Hall–Kier alpha value is -2.34. The predicted octanol–water partition coefficient (Wildman–Crippen LogP) is 8.17. The summed E-state index contributed by atoms with van der Waals surface area (Å²) >= 11 is 0. The molecule has 0 bridgehead atoms. The lowest BCUT2D eigenvalue weighted by Gasteiger charge is -2.38. The van der Waals surface area contributed by atoms with Crippen LogP contribution in [0.4, 0.5) is 0 Å². The van der Waals surface area contributed by atoms with Gasteiger partial charge in [0.1, 0.15) is 0 Å². The third-order valence-electron chi connectivity index (χ3n) is 8.62. The molecule has 1 aromatic carbocycles. The molecule has 0 saturated heterocycles. The van der Waals surface area contributed by atoms with Crippen molar-refractivity contribution in [2.45, 2.75) is 63.7 Å². The van der Waals surface area contributed by atoms with Gasteiger partial charge in [-0.3, -0.25) is 0 Å². The summed E-state index contributed by atoms with van der Waals surface area (Å²) in [6.07, 6.45) is 30.9. The monoisotopic (exact) mass is 406 g/mol. The van der Waals surface area contributed by atoms with Gasteiger partial charge in [-0.15, -0.1) is 0 Å². The zero-order valence-electron chi connectivity index (χ0n) is 18.6. The molecule has 0 radical (unpaired) electrons. The maximum Gasteiger partial charge on any atom is 0.0281 e. The third kappa shape index (κ3) is 3.75. The fourth-order valence-corrected chi connectivity index (χ4v) is 6.52. The molecule has 5 aliphatic carbocycles. The maximum atomic E-state index is 2.43. The topological polar surface area (TPSA) is 0 Å². The van der Waals surface area contributed by atoms with Crippen LogP contribution in [0.1, 0.15) is 68.4 Å². The van der Waals surface area contributed by atoms with Crippen molar-refractivity contribution >= 4 is 0 Å². The second-order valence-electron chi connectivity index (χ2n) is 10.3. The summed E-state index contributed by atoms with van der Waals surface area (Å²) in [6.45, 7) is 0. The lowest BCUT2D eigenvalue weighted by molar-refractivity contribution is 0.154. The standard InChI is InChI=1S/C31H34/c1-2-6-27(5-1)30-20-19-28(29-9-4-10-31(29)30)21-22-11-13-24(14-12-22)26-17-15-25(16-18-26)23-7-3-8-23/h1,4-6,9-14,19-20,23,25-26,31H,2-3,7-8,15-18,21H2. The third-order valence-corrected chi connectivity index (χ3v) is 8.62. The van der Waals surface area contributed by atoms with E-state index in [0.717, 1.165) is 30.6 Å². The first-order valence-corrected chi connectivity index (χ1v) is 12.6. The lowest BCUT2D eigenvalue weighted by atomic mass is 9.67. The van der Waals surface area contributed by atoms with E-state index in [1.807, 2.05) is 0 Å². The molecule has 0 heteroatoms. The van der Waals surface area contributed by atoms with Gasteiger partial charge in [-0.25, -0.2) is 0 Å². The highest BCUT2D eigenvalue weighted by Gasteiger charge is 2.31. The van der Waals surface area contributed by atoms with E-state index in [2.05, 4.69) is 72.9 Å². The van der Waals surface area contributed by atoms with Gasteiger partial charge in [0.05, 0.1) is 0 Å². The van der Waals surface area contributed by atoms with E-state index in [4.69, 9.17) is 0 Å². The Bertz CT molecular complexity index is 1010. The fraction of sp³-hybridized carbons (Fsp3) is 0.419. The van der Waals surface area contributed by atoms with Crippen LogP contribution in [0.2, 0.25) is 0 Å². The summed E-state index contributed by atoms with van der Waals surface area (Å²) < 4.78 is 0.